The van der Waals surface area contributed by atoms with Crippen molar-refractivity contribution in [3.63, 3.8) is 0 Å². The van der Waals surface area contributed by atoms with Gasteiger partial charge in [-0.25, -0.2) is 14.4 Å². The van der Waals surface area contributed by atoms with E-state index in [9.17, 15) is 43.5 Å². The van der Waals surface area contributed by atoms with Crippen LogP contribution in [0, 0.1) is 0 Å². The van der Waals surface area contributed by atoms with Crippen molar-refractivity contribution in [1.82, 2.24) is 30.7 Å². The number of carboxylic acids is 1. The molecule has 6 aromatic carbocycles. The highest BCUT2D eigenvalue weighted by atomic mass is 35.5. The van der Waals surface area contributed by atoms with Crippen molar-refractivity contribution in [2.45, 2.75) is 129 Å². The van der Waals surface area contributed by atoms with Gasteiger partial charge in [0.05, 0.1) is 13.1 Å². The number of amides is 5. The molecule has 0 saturated carbocycles. The van der Waals surface area contributed by atoms with Crippen molar-refractivity contribution in [2.24, 2.45) is 0 Å². The van der Waals surface area contributed by atoms with Crippen LogP contribution in [0.25, 0.3) is 0 Å². The number of nitrogens with one attached hydrogen (secondary N) is 3. The zero-order valence-electron chi connectivity index (χ0n) is 53.7. The van der Waals surface area contributed by atoms with Gasteiger partial charge >= 0.3 is 18.2 Å². The van der Waals surface area contributed by atoms with Gasteiger partial charge in [-0.2, -0.15) is 0 Å². The van der Waals surface area contributed by atoms with Gasteiger partial charge in [0.2, 0.25) is 17.7 Å². The predicted octanol–water partition coefficient (Wildman–Crippen LogP) is 10.4. The van der Waals surface area contributed by atoms with Gasteiger partial charge in [0.25, 0.3) is 0 Å². The summed E-state index contributed by atoms with van der Waals surface area (Å²) in [5, 5.41) is 19.8. The number of carboxylic acid groups (broad SMARTS) is 1. The first-order valence-corrected chi connectivity index (χ1v) is 32.3. The lowest BCUT2D eigenvalue weighted by molar-refractivity contribution is -0.142. The second kappa shape index (κ2) is 32.7. The van der Waals surface area contributed by atoms with Crippen LogP contribution in [0.2, 0.25) is 10.0 Å². The van der Waals surface area contributed by atoms with E-state index in [4.69, 9.17) is 32.7 Å². The summed E-state index contributed by atoms with van der Waals surface area (Å²) >= 11 is 12.0. The van der Waals surface area contributed by atoms with Crippen molar-refractivity contribution >= 4 is 83.0 Å². The Morgan fingerprint density at radius 1 is 0.527 bits per heavy atom. The number of anilines is 2. The molecule has 93 heavy (non-hydrogen) atoms. The van der Waals surface area contributed by atoms with Crippen molar-refractivity contribution in [1.29, 1.82) is 0 Å². The van der Waals surface area contributed by atoms with E-state index < -0.39 is 65.3 Å². The summed E-state index contributed by atoms with van der Waals surface area (Å²) in [4.78, 5) is 111. The zero-order chi connectivity index (χ0) is 66.8. The minimum absolute atomic E-state index is 0.0913. The van der Waals surface area contributed by atoms with Crippen LogP contribution in [0.5, 0.6) is 0 Å². The molecule has 0 aromatic heterocycles. The molecule has 5 amide bonds. The van der Waals surface area contributed by atoms with Crippen molar-refractivity contribution < 1.29 is 52.9 Å². The molecule has 10 rings (SSSR count). The summed E-state index contributed by atoms with van der Waals surface area (Å²) in [6.45, 7) is 17.3. The standard InChI is InChI=1S/C36H41ClN4O5.C24H27ClN2O5.C12H16N2O/c1-36(2,3)46-35(45)41-23-27-10-5-4-9-26(27)22-32(41)33(43)38-30(21-25-13-15-29(37)16-14-25)34(44)40-18-8-17-39(19-20-40)31-12-7-6-11-28(31)24-42;1-24(2,3)32-23(31)27-14-17-7-5-4-6-16(17)13-20(27)21(28)26-19(22(29)30)12-15-8-10-18(25)11-9-15;15-10-11-4-1-2-5-12(11)14-8-3-6-13-7-9-14/h4-7,9-16,24,30,32H,8,17-23H2,1-3H3,(H,38,43);4-11,19-20H,12-14H2,1-3H3,(H,26,28)(H,29,30);1-2,4-5,10,13H,3,6-9H2. The van der Waals surface area contributed by atoms with E-state index in [0.29, 0.717) is 54.6 Å². The summed E-state index contributed by atoms with van der Waals surface area (Å²) in [5.74, 6) is -2.31. The van der Waals surface area contributed by atoms with Gasteiger partial charge in [0.1, 0.15) is 35.4 Å². The van der Waals surface area contributed by atoms with Gasteiger partial charge in [-0.3, -0.25) is 33.8 Å². The molecule has 492 valence electrons. The number of hydrogen-bond donors (Lipinski definition) is 4. The van der Waals surface area contributed by atoms with Crippen LogP contribution in [0.3, 0.4) is 0 Å². The fourth-order valence-electron chi connectivity index (χ4n) is 11.6. The number of rotatable bonds is 14. The fraction of sp³-hybridized carbons (Fsp3) is 0.389. The maximum atomic E-state index is 14.2. The van der Waals surface area contributed by atoms with Gasteiger partial charge in [-0.05, 0) is 143 Å². The summed E-state index contributed by atoms with van der Waals surface area (Å²) in [5.41, 5.74) is 7.21. The number of aliphatic carboxylic acids is 1. The van der Waals surface area contributed by atoms with Crippen LogP contribution >= 0.6 is 23.2 Å². The predicted molar refractivity (Wildman–Crippen MR) is 360 cm³/mol. The lowest BCUT2D eigenvalue weighted by Crippen LogP contribution is -2.58. The van der Waals surface area contributed by atoms with E-state index in [-0.39, 0.29) is 38.3 Å². The Balaban J connectivity index is 0.000000203. The Labute approximate surface area is 554 Å². The fourth-order valence-corrected chi connectivity index (χ4v) is 11.9. The molecule has 4 unspecified atom stereocenters. The summed E-state index contributed by atoms with van der Waals surface area (Å²) in [6.07, 6.45) is 3.35. The summed E-state index contributed by atoms with van der Waals surface area (Å²) in [7, 11) is 0. The maximum absolute atomic E-state index is 14.2. The van der Waals surface area contributed by atoms with E-state index in [2.05, 4.69) is 25.8 Å². The first-order valence-electron chi connectivity index (χ1n) is 31.5. The first kappa shape index (κ1) is 70.1. The Kier molecular flexibility index (Phi) is 24.6. The van der Waals surface area contributed by atoms with Gasteiger partial charge in [-0.15, -0.1) is 0 Å². The molecule has 0 aliphatic carbocycles. The zero-order valence-corrected chi connectivity index (χ0v) is 55.2. The largest absolute Gasteiger partial charge is 0.480 e. The molecular formula is C72H84Cl2N8O11. The Hall–Kier alpha value is -8.78. The number of ether oxygens (including phenoxy) is 2. The topological polar surface area (TPSA) is 228 Å². The summed E-state index contributed by atoms with van der Waals surface area (Å²) < 4.78 is 11.2. The van der Waals surface area contributed by atoms with Crippen molar-refractivity contribution in [3.8, 4) is 0 Å². The molecule has 4 N–H and O–H groups in total. The number of nitrogens with zero attached hydrogens (tertiary/aromatic N) is 5. The van der Waals surface area contributed by atoms with E-state index in [1.54, 1.807) is 88.9 Å². The third-order valence-corrected chi connectivity index (χ3v) is 16.8. The highest BCUT2D eigenvalue weighted by Gasteiger charge is 2.41. The van der Waals surface area contributed by atoms with E-state index >= 15 is 0 Å². The molecule has 19 nitrogen and oxygen atoms in total. The third kappa shape index (κ3) is 20.1. The van der Waals surface area contributed by atoms with E-state index in [1.807, 2.05) is 103 Å². The molecule has 4 heterocycles. The van der Waals surface area contributed by atoms with Crippen LogP contribution in [-0.4, -0.2) is 156 Å². The third-order valence-electron chi connectivity index (χ3n) is 16.3. The lowest BCUT2D eigenvalue weighted by atomic mass is 9.93. The van der Waals surface area contributed by atoms with Crippen molar-refractivity contribution in [3.05, 3.63) is 200 Å². The molecule has 2 saturated heterocycles. The van der Waals surface area contributed by atoms with Gasteiger partial charge in [-0.1, -0.05) is 120 Å². The minimum Gasteiger partial charge on any atom is -0.480 e. The number of benzene rings is 6. The molecule has 6 aromatic rings. The highest BCUT2D eigenvalue weighted by Crippen LogP contribution is 2.29. The van der Waals surface area contributed by atoms with Crippen LogP contribution in [0.4, 0.5) is 21.0 Å². The van der Waals surface area contributed by atoms with Gasteiger partial charge in [0.15, 0.2) is 12.6 Å². The first-order chi connectivity index (χ1) is 44.5. The number of aldehydes is 2. The molecule has 0 radical (unpaired) electrons. The molecule has 4 aliphatic heterocycles. The molecular weight excluding hydrogens is 1220 g/mol. The quantitative estimate of drug-likeness (QED) is 0.0745. The SMILES string of the molecule is CC(C)(C)OC(=O)N1Cc2ccccc2CC1C(=O)NC(Cc1ccc(Cl)cc1)C(=O)N1CCCN(c2ccccc2C=O)CC1.CC(C)(C)OC(=O)N1Cc2ccccc2CC1C(=O)NC(Cc1ccc(Cl)cc1)C(=O)O.O=Cc1ccccc1N1CCCNCC1. The molecule has 0 bridgehead atoms. The van der Waals surface area contributed by atoms with Crippen LogP contribution in [-0.2, 0) is 67.4 Å². The number of carbonyl (C=O) groups is 8. The van der Waals surface area contributed by atoms with Crippen LogP contribution < -0.4 is 25.8 Å². The number of carbonyl (C=O) groups excluding carboxylic acids is 7. The number of fused-ring (bicyclic) bond motifs is 2. The summed E-state index contributed by atoms with van der Waals surface area (Å²) in [6, 6.07) is 40.7. The molecule has 0 spiro atoms. The number of hydrogen-bond acceptors (Lipinski definition) is 13. The van der Waals surface area contributed by atoms with E-state index in [0.717, 1.165) is 95.5 Å². The Bertz CT molecular complexity index is 3570. The maximum Gasteiger partial charge on any atom is 0.411 e. The van der Waals surface area contributed by atoms with Gasteiger partial charge < -0.3 is 45.2 Å². The Morgan fingerprint density at radius 3 is 1.41 bits per heavy atom. The minimum atomic E-state index is -1.16. The average molecular weight is 1310 g/mol. The van der Waals surface area contributed by atoms with Crippen molar-refractivity contribution in [2.75, 3.05) is 62.2 Å². The van der Waals surface area contributed by atoms with Crippen LogP contribution in [0.15, 0.2) is 146 Å². The van der Waals surface area contributed by atoms with E-state index in [1.165, 1.54) is 9.80 Å². The lowest BCUT2D eigenvalue weighted by Gasteiger charge is -2.37. The highest BCUT2D eigenvalue weighted by molar-refractivity contribution is 6.30. The Morgan fingerprint density at radius 2 is 0.946 bits per heavy atom. The monoisotopic (exact) mass is 1310 g/mol. The molecule has 2 fully saturated rings. The normalized spacial score (nSPS) is 17.1. The second-order valence-electron chi connectivity index (χ2n) is 25.4. The molecule has 4 aliphatic rings. The average Bonchev–Trinajstić information content (AvgIpc) is 1.26. The number of halogens is 2. The molecule has 4 atom stereocenters. The molecule has 21 heteroatoms. The van der Waals surface area contributed by atoms with Gasteiger partial charge in [0, 0.05) is 104 Å². The van der Waals surface area contributed by atoms with Crippen LogP contribution in [0.1, 0.15) is 108 Å². The number of para-hydroxylation sites is 2. The second-order valence-corrected chi connectivity index (χ2v) is 26.3. The smallest absolute Gasteiger partial charge is 0.411 e.